The Hall–Kier alpha value is -4.40. The van der Waals surface area contributed by atoms with E-state index in [0.717, 1.165) is 30.9 Å². The Labute approximate surface area is 196 Å². The highest BCUT2D eigenvalue weighted by atomic mass is 16.3. The van der Waals surface area contributed by atoms with Crippen LogP contribution in [0.5, 0.6) is 0 Å². The van der Waals surface area contributed by atoms with Crippen molar-refractivity contribution in [2.75, 3.05) is 23.3 Å². The highest BCUT2D eigenvalue weighted by Gasteiger charge is 2.25. The van der Waals surface area contributed by atoms with Crippen molar-refractivity contribution in [3.63, 3.8) is 0 Å². The van der Waals surface area contributed by atoms with Gasteiger partial charge >= 0.3 is 0 Å². The Bertz CT molecular complexity index is 1280. The predicted molar refractivity (Wildman–Crippen MR) is 128 cm³/mol. The fourth-order valence-electron chi connectivity index (χ4n) is 4.11. The highest BCUT2D eigenvalue weighted by Crippen LogP contribution is 2.25. The summed E-state index contributed by atoms with van der Waals surface area (Å²) in [4.78, 5) is 31.3. The minimum atomic E-state index is -0.324. The molecular formula is C25H24N6O3. The molecule has 1 aromatic carbocycles. The van der Waals surface area contributed by atoms with Gasteiger partial charge in [0.15, 0.2) is 5.76 Å². The fourth-order valence-corrected chi connectivity index (χ4v) is 4.11. The van der Waals surface area contributed by atoms with E-state index in [4.69, 9.17) is 10.2 Å². The van der Waals surface area contributed by atoms with Crippen molar-refractivity contribution >= 4 is 23.3 Å². The van der Waals surface area contributed by atoms with Crippen LogP contribution in [0.3, 0.4) is 0 Å². The number of aromatic nitrogens is 3. The van der Waals surface area contributed by atoms with Crippen LogP contribution in [0.4, 0.5) is 11.5 Å². The minimum absolute atomic E-state index is 0.170. The molecule has 0 bridgehead atoms. The number of para-hydroxylation sites is 1. The Morgan fingerprint density at radius 3 is 2.65 bits per heavy atom. The molecule has 1 aliphatic rings. The molecule has 1 aliphatic heterocycles. The summed E-state index contributed by atoms with van der Waals surface area (Å²) in [5.74, 6) is 0.550. The van der Waals surface area contributed by atoms with Gasteiger partial charge < -0.3 is 20.4 Å². The molecule has 1 unspecified atom stereocenters. The molecule has 9 nitrogen and oxygen atoms in total. The van der Waals surface area contributed by atoms with Crippen molar-refractivity contribution in [2.24, 2.45) is 11.7 Å². The van der Waals surface area contributed by atoms with Gasteiger partial charge in [0.1, 0.15) is 17.2 Å². The summed E-state index contributed by atoms with van der Waals surface area (Å²) in [5.41, 5.74) is 7.71. The molecule has 172 valence electrons. The molecule has 1 fully saturated rings. The number of furan rings is 1. The number of carbonyl (C=O) groups is 2. The zero-order valence-electron chi connectivity index (χ0n) is 18.4. The maximum absolute atomic E-state index is 13.2. The third kappa shape index (κ3) is 4.40. The SMILES string of the molecule is NC(=O)C1CCCN(c2ccc(NC(=O)c3cc(-c4ccco4)nn3-c3ccccc3)cn2)C1. The first-order valence-electron chi connectivity index (χ1n) is 11.1. The summed E-state index contributed by atoms with van der Waals surface area (Å²) in [6.45, 7) is 1.37. The lowest BCUT2D eigenvalue weighted by molar-refractivity contribution is -0.122. The molecule has 3 aromatic heterocycles. The molecule has 0 aliphatic carbocycles. The zero-order chi connectivity index (χ0) is 23.5. The normalized spacial score (nSPS) is 15.8. The average molecular weight is 457 g/mol. The number of hydrogen-bond acceptors (Lipinski definition) is 6. The van der Waals surface area contributed by atoms with Crippen LogP contribution in [0.2, 0.25) is 0 Å². The number of primary amides is 1. The quantitative estimate of drug-likeness (QED) is 0.458. The van der Waals surface area contributed by atoms with Gasteiger partial charge in [-0.05, 0) is 49.2 Å². The number of pyridine rings is 1. The molecule has 2 amide bonds. The zero-order valence-corrected chi connectivity index (χ0v) is 18.4. The van der Waals surface area contributed by atoms with E-state index in [1.165, 1.54) is 0 Å². The van der Waals surface area contributed by atoms with Gasteiger partial charge in [0.05, 0.1) is 29.8 Å². The molecule has 4 heterocycles. The Morgan fingerprint density at radius 1 is 1.09 bits per heavy atom. The molecule has 9 heteroatoms. The molecule has 1 atom stereocenters. The van der Waals surface area contributed by atoms with Crippen molar-refractivity contribution in [1.82, 2.24) is 14.8 Å². The van der Waals surface area contributed by atoms with Gasteiger partial charge in [-0.3, -0.25) is 9.59 Å². The van der Waals surface area contributed by atoms with E-state index >= 15 is 0 Å². The lowest BCUT2D eigenvalue weighted by atomic mass is 9.97. The number of nitrogens with zero attached hydrogens (tertiary/aromatic N) is 4. The van der Waals surface area contributed by atoms with E-state index in [2.05, 4.69) is 15.4 Å². The number of anilines is 2. The Kier molecular flexibility index (Phi) is 5.82. The molecule has 0 radical (unpaired) electrons. The molecule has 4 aromatic rings. The van der Waals surface area contributed by atoms with Gasteiger partial charge in [0.25, 0.3) is 5.91 Å². The molecule has 0 saturated carbocycles. The average Bonchev–Trinajstić information content (AvgIpc) is 3.56. The Morgan fingerprint density at radius 2 is 1.94 bits per heavy atom. The second kappa shape index (κ2) is 9.22. The minimum Gasteiger partial charge on any atom is -0.463 e. The van der Waals surface area contributed by atoms with Gasteiger partial charge in [0.2, 0.25) is 5.91 Å². The van der Waals surface area contributed by atoms with Crippen LogP contribution < -0.4 is 16.0 Å². The number of rotatable bonds is 6. The van der Waals surface area contributed by atoms with Crippen LogP contribution in [0, 0.1) is 5.92 Å². The van der Waals surface area contributed by atoms with Crippen LogP contribution in [-0.2, 0) is 4.79 Å². The molecule has 34 heavy (non-hydrogen) atoms. The van der Waals surface area contributed by atoms with Crippen molar-refractivity contribution < 1.29 is 14.0 Å². The van der Waals surface area contributed by atoms with Crippen molar-refractivity contribution in [3.8, 4) is 17.1 Å². The number of nitrogens with one attached hydrogen (secondary N) is 1. The van der Waals surface area contributed by atoms with E-state index in [9.17, 15) is 9.59 Å². The van der Waals surface area contributed by atoms with Crippen molar-refractivity contribution in [3.05, 3.63) is 78.8 Å². The summed E-state index contributed by atoms with van der Waals surface area (Å²) in [7, 11) is 0. The lowest BCUT2D eigenvalue weighted by Gasteiger charge is -2.32. The second-order valence-corrected chi connectivity index (χ2v) is 8.19. The topological polar surface area (TPSA) is 119 Å². The standard InChI is InChI=1S/C25H24N6O3/c26-24(32)17-6-4-12-30(16-17)23-11-10-18(15-27-23)28-25(33)21-14-20(22-9-5-13-34-22)29-31(21)19-7-2-1-3-8-19/h1-3,5,7-11,13-15,17H,4,6,12,16H2,(H2,26,32)(H,28,33). The summed E-state index contributed by atoms with van der Waals surface area (Å²) in [6, 6.07) is 18.3. The third-order valence-corrected chi connectivity index (χ3v) is 5.87. The van der Waals surface area contributed by atoms with E-state index in [1.54, 1.807) is 41.4 Å². The van der Waals surface area contributed by atoms with Crippen LogP contribution in [0.25, 0.3) is 17.1 Å². The lowest BCUT2D eigenvalue weighted by Crippen LogP contribution is -2.41. The van der Waals surface area contributed by atoms with Gasteiger partial charge in [-0.2, -0.15) is 5.10 Å². The van der Waals surface area contributed by atoms with Crippen LogP contribution in [0.15, 0.2) is 77.5 Å². The van der Waals surface area contributed by atoms with Gasteiger partial charge in [0, 0.05) is 19.2 Å². The van der Waals surface area contributed by atoms with E-state index in [-0.39, 0.29) is 17.7 Å². The monoisotopic (exact) mass is 456 g/mol. The largest absolute Gasteiger partial charge is 0.463 e. The van der Waals surface area contributed by atoms with Crippen molar-refractivity contribution in [2.45, 2.75) is 12.8 Å². The second-order valence-electron chi connectivity index (χ2n) is 8.19. The molecule has 0 spiro atoms. The fraction of sp³-hybridized carbons (Fsp3) is 0.200. The number of carbonyl (C=O) groups excluding carboxylic acids is 2. The summed E-state index contributed by atoms with van der Waals surface area (Å²) in [6.07, 6.45) is 4.86. The van der Waals surface area contributed by atoms with Gasteiger partial charge in [-0.15, -0.1) is 0 Å². The summed E-state index contributed by atoms with van der Waals surface area (Å²) in [5, 5.41) is 7.48. The molecule has 3 N–H and O–H groups in total. The summed E-state index contributed by atoms with van der Waals surface area (Å²) < 4.78 is 7.05. The first kappa shape index (κ1) is 21.4. The predicted octanol–water partition coefficient (Wildman–Crippen LogP) is 3.48. The van der Waals surface area contributed by atoms with E-state index < -0.39 is 0 Å². The highest BCUT2D eigenvalue weighted by molar-refractivity contribution is 6.04. The Balaban J connectivity index is 1.36. The maximum atomic E-state index is 13.2. The smallest absolute Gasteiger partial charge is 0.274 e. The van der Waals surface area contributed by atoms with Crippen LogP contribution in [-0.4, -0.2) is 39.7 Å². The number of benzene rings is 1. The van der Waals surface area contributed by atoms with Gasteiger partial charge in [-0.25, -0.2) is 9.67 Å². The van der Waals surface area contributed by atoms with Gasteiger partial charge in [-0.1, -0.05) is 18.2 Å². The first-order valence-corrected chi connectivity index (χ1v) is 11.1. The number of amides is 2. The number of piperidine rings is 1. The van der Waals surface area contributed by atoms with E-state index in [1.807, 2.05) is 41.3 Å². The molecule has 1 saturated heterocycles. The molecule has 5 rings (SSSR count). The van der Waals surface area contributed by atoms with Crippen LogP contribution in [0.1, 0.15) is 23.3 Å². The first-order chi connectivity index (χ1) is 16.6. The number of hydrogen-bond donors (Lipinski definition) is 2. The number of nitrogens with two attached hydrogens (primary N) is 1. The third-order valence-electron chi connectivity index (χ3n) is 5.87. The van der Waals surface area contributed by atoms with E-state index in [0.29, 0.717) is 29.4 Å². The van der Waals surface area contributed by atoms with Crippen molar-refractivity contribution in [1.29, 1.82) is 0 Å². The summed E-state index contributed by atoms with van der Waals surface area (Å²) >= 11 is 0. The molecular weight excluding hydrogens is 432 g/mol. The van der Waals surface area contributed by atoms with Crippen LogP contribution >= 0.6 is 0 Å². The maximum Gasteiger partial charge on any atom is 0.274 e.